The molecule has 6 aromatic rings. The van der Waals surface area contributed by atoms with Crippen LogP contribution in [0.5, 0.6) is 0 Å². The van der Waals surface area contributed by atoms with E-state index >= 15 is 0 Å². The van der Waals surface area contributed by atoms with Crippen molar-refractivity contribution in [2.24, 2.45) is 5.73 Å². The second kappa shape index (κ2) is 7.81. The molecule has 1 aliphatic carbocycles. The molecule has 0 fully saturated rings. The predicted molar refractivity (Wildman–Crippen MR) is 137 cm³/mol. The smallest absolute Gasteiger partial charge is 0.0464 e. The van der Waals surface area contributed by atoms with Gasteiger partial charge in [0.15, 0.2) is 0 Å². The fourth-order valence-electron chi connectivity index (χ4n) is 5.18. The summed E-state index contributed by atoms with van der Waals surface area (Å²) < 4.78 is 0. The summed E-state index contributed by atoms with van der Waals surface area (Å²) in [6, 6.07) is 34.8. The highest BCUT2D eigenvalue weighted by Crippen LogP contribution is 2.33. The Morgan fingerprint density at radius 1 is 0.594 bits per heavy atom. The molecule has 0 aliphatic heterocycles. The number of para-hydroxylation sites is 2. The normalized spacial score (nSPS) is 15.6. The van der Waals surface area contributed by atoms with Crippen molar-refractivity contribution in [3.63, 3.8) is 0 Å². The largest absolute Gasteiger partial charge is 0.355 e. The number of hydrogen-bond acceptors (Lipinski definition) is 1. The van der Waals surface area contributed by atoms with E-state index < -0.39 is 0 Å². The number of aryl methyl sites for hydroxylation is 1. The molecule has 0 amide bonds. The molecule has 1 heterocycles. The van der Waals surface area contributed by atoms with E-state index in [9.17, 15) is 0 Å². The highest BCUT2D eigenvalue weighted by Gasteiger charge is 2.18. The summed E-state index contributed by atoms with van der Waals surface area (Å²) in [5, 5.41) is 8.03. The van der Waals surface area contributed by atoms with E-state index in [1.54, 1.807) is 0 Å². The SMILES string of the molecule is N[C@@H]1CCc2ccc3c(ccc4ccccc43)c2C1.c1ccc2c(c1)[nH]c1ccccc12. The molecule has 3 N–H and O–H groups in total. The van der Waals surface area contributed by atoms with Crippen molar-refractivity contribution in [1.82, 2.24) is 4.98 Å². The zero-order valence-electron chi connectivity index (χ0n) is 18.0. The van der Waals surface area contributed by atoms with Crippen LogP contribution in [-0.4, -0.2) is 11.0 Å². The van der Waals surface area contributed by atoms with Crippen LogP contribution in [0.1, 0.15) is 17.5 Å². The highest BCUT2D eigenvalue weighted by molar-refractivity contribution is 6.09. The molecule has 32 heavy (non-hydrogen) atoms. The first kappa shape index (κ1) is 19.1. The van der Waals surface area contributed by atoms with Gasteiger partial charge in [-0.1, -0.05) is 84.9 Å². The molecule has 0 saturated carbocycles. The van der Waals surface area contributed by atoms with Gasteiger partial charge in [-0.25, -0.2) is 0 Å². The number of hydrogen-bond donors (Lipinski definition) is 2. The first-order valence-corrected chi connectivity index (χ1v) is 11.4. The van der Waals surface area contributed by atoms with Crippen molar-refractivity contribution in [2.45, 2.75) is 25.3 Å². The molecule has 0 spiro atoms. The first-order valence-electron chi connectivity index (χ1n) is 11.4. The lowest BCUT2D eigenvalue weighted by atomic mass is 9.84. The van der Waals surface area contributed by atoms with Gasteiger partial charge in [0.2, 0.25) is 0 Å². The number of nitrogens with two attached hydrogens (primary N) is 1. The average molecular weight is 415 g/mol. The Morgan fingerprint density at radius 2 is 1.22 bits per heavy atom. The number of aromatic nitrogens is 1. The minimum absolute atomic E-state index is 0.324. The van der Waals surface area contributed by atoms with Crippen molar-refractivity contribution in [1.29, 1.82) is 0 Å². The van der Waals surface area contributed by atoms with Gasteiger partial charge in [-0.3, -0.25) is 0 Å². The molecule has 2 nitrogen and oxygen atoms in total. The number of nitrogens with one attached hydrogen (secondary N) is 1. The van der Waals surface area contributed by atoms with Crippen LogP contribution in [0.4, 0.5) is 0 Å². The van der Waals surface area contributed by atoms with Crippen molar-refractivity contribution in [2.75, 3.05) is 0 Å². The fourth-order valence-corrected chi connectivity index (χ4v) is 5.18. The molecular formula is C30H26N2. The van der Waals surface area contributed by atoms with Crippen LogP contribution in [-0.2, 0) is 12.8 Å². The van der Waals surface area contributed by atoms with Gasteiger partial charge < -0.3 is 10.7 Å². The van der Waals surface area contributed by atoms with Crippen LogP contribution < -0.4 is 5.73 Å². The Bertz CT molecular complexity index is 1520. The molecule has 0 bridgehead atoms. The van der Waals surface area contributed by atoms with E-state index in [0.29, 0.717) is 6.04 Å². The molecular weight excluding hydrogens is 388 g/mol. The van der Waals surface area contributed by atoms with E-state index in [-0.39, 0.29) is 0 Å². The van der Waals surface area contributed by atoms with Gasteiger partial charge in [0.05, 0.1) is 0 Å². The van der Waals surface area contributed by atoms with Crippen LogP contribution in [0.3, 0.4) is 0 Å². The third-order valence-corrected chi connectivity index (χ3v) is 6.80. The van der Waals surface area contributed by atoms with Crippen molar-refractivity contribution < 1.29 is 0 Å². The molecule has 5 aromatic carbocycles. The lowest BCUT2D eigenvalue weighted by Gasteiger charge is -2.23. The topological polar surface area (TPSA) is 41.8 Å². The lowest BCUT2D eigenvalue weighted by Crippen LogP contribution is -2.27. The average Bonchev–Trinajstić information content (AvgIpc) is 3.23. The molecule has 156 valence electrons. The Kier molecular flexibility index (Phi) is 4.66. The quantitative estimate of drug-likeness (QED) is 0.255. The zero-order chi connectivity index (χ0) is 21.5. The summed E-state index contributed by atoms with van der Waals surface area (Å²) in [6.45, 7) is 0. The van der Waals surface area contributed by atoms with Crippen LogP contribution in [0, 0.1) is 0 Å². The number of benzene rings is 5. The summed E-state index contributed by atoms with van der Waals surface area (Å²) >= 11 is 0. The van der Waals surface area contributed by atoms with E-state index in [1.165, 1.54) is 54.5 Å². The summed E-state index contributed by atoms with van der Waals surface area (Å²) in [4.78, 5) is 3.38. The maximum absolute atomic E-state index is 6.15. The summed E-state index contributed by atoms with van der Waals surface area (Å²) in [5.41, 5.74) is 11.5. The molecule has 7 rings (SSSR count). The summed E-state index contributed by atoms with van der Waals surface area (Å²) in [5.74, 6) is 0. The highest BCUT2D eigenvalue weighted by atomic mass is 14.7. The predicted octanol–water partition coefficient (Wildman–Crippen LogP) is 7.13. The van der Waals surface area contributed by atoms with Gasteiger partial charge in [0, 0.05) is 27.8 Å². The Balaban J connectivity index is 0.000000131. The minimum atomic E-state index is 0.324. The van der Waals surface area contributed by atoms with Gasteiger partial charge in [-0.05, 0) is 64.1 Å². The van der Waals surface area contributed by atoms with E-state index in [2.05, 4.69) is 102 Å². The zero-order valence-corrected chi connectivity index (χ0v) is 18.0. The van der Waals surface area contributed by atoms with Gasteiger partial charge in [0.25, 0.3) is 0 Å². The Labute approximate surface area is 187 Å². The number of fused-ring (bicyclic) bond motifs is 8. The van der Waals surface area contributed by atoms with Gasteiger partial charge >= 0.3 is 0 Å². The van der Waals surface area contributed by atoms with E-state index in [1.807, 2.05) is 0 Å². The van der Waals surface area contributed by atoms with Gasteiger partial charge in [0.1, 0.15) is 0 Å². The molecule has 1 aromatic heterocycles. The molecule has 1 aliphatic rings. The monoisotopic (exact) mass is 414 g/mol. The van der Waals surface area contributed by atoms with Crippen LogP contribution in [0.2, 0.25) is 0 Å². The lowest BCUT2D eigenvalue weighted by molar-refractivity contribution is 0.579. The maximum Gasteiger partial charge on any atom is 0.0464 e. The standard InChI is InChI=1S/C18H17N.C12H9N/c19-14-8-5-13-7-9-16-15-4-2-1-3-12(15)6-10-17(16)18(13)11-14;1-3-7-11-9(5-1)10-6-2-4-8-12(10)13-11/h1-4,6-7,9-10,14H,5,8,11,19H2;1-8,13H/t14-;/m1./s1. The molecule has 2 heteroatoms. The van der Waals surface area contributed by atoms with Crippen LogP contribution in [0.15, 0.2) is 97.1 Å². The summed E-state index contributed by atoms with van der Waals surface area (Å²) in [6.07, 6.45) is 3.26. The third kappa shape index (κ3) is 3.24. The van der Waals surface area contributed by atoms with Crippen molar-refractivity contribution >= 4 is 43.4 Å². The molecule has 1 atom stereocenters. The maximum atomic E-state index is 6.15. The fraction of sp³-hybridized carbons (Fsp3) is 0.133. The third-order valence-electron chi connectivity index (χ3n) is 6.80. The number of aromatic amines is 1. The summed E-state index contributed by atoms with van der Waals surface area (Å²) in [7, 11) is 0. The Morgan fingerprint density at radius 3 is 1.97 bits per heavy atom. The molecule has 0 saturated heterocycles. The van der Waals surface area contributed by atoms with Crippen molar-refractivity contribution in [3.8, 4) is 0 Å². The molecule has 0 unspecified atom stereocenters. The molecule has 0 radical (unpaired) electrons. The van der Waals surface area contributed by atoms with Crippen LogP contribution in [0.25, 0.3) is 43.4 Å². The minimum Gasteiger partial charge on any atom is -0.355 e. The van der Waals surface area contributed by atoms with E-state index in [0.717, 1.165) is 19.3 Å². The van der Waals surface area contributed by atoms with Crippen molar-refractivity contribution in [3.05, 3.63) is 108 Å². The second-order valence-electron chi connectivity index (χ2n) is 8.80. The van der Waals surface area contributed by atoms with Gasteiger partial charge in [-0.2, -0.15) is 0 Å². The number of H-pyrrole nitrogens is 1. The van der Waals surface area contributed by atoms with Crippen LogP contribution >= 0.6 is 0 Å². The number of rotatable bonds is 0. The van der Waals surface area contributed by atoms with E-state index in [4.69, 9.17) is 5.73 Å². The second-order valence-corrected chi connectivity index (χ2v) is 8.80. The Hall–Kier alpha value is -3.62. The van der Waals surface area contributed by atoms with Gasteiger partial charge in [-0.15, -0.1) is 0 Å². The first-order chi connectivity index (χ1) is 15.8.